The Morgan fingerprint density at radius 2 is 2.17 bits per heavy atom. The number of furan rings is 1. The number of hydrazone groups is 1. The van der Waals surface area contributed by atoms with Gasteiger partial charge in [-0.1, -0.05) is 6.07 Å². The van der Waals surface area contributed by atoms with E-state index in [1.54, 1.807) is 19.1 Å². The van der Waals surface area contributed by atoms with Gasteiger partial charge in [0, 0.05) is 17.2 Å². The van der Waals surface area contributed by atoms with E-state index in [1.165, 1.54) is 24.6 Å². The molecule has 2 aromatic rings. The number of amides is 2. The fourth-order valence-electron chi connectivity index (χ4n) is 1.78. The van der Waals surface area contributed by atoms with E-state index in [0.717, 1.165) is 6.07 Å². The maximum atomic E-state index is 11.9. The topological polar surface area (TPSA) is 127 Å². The zero-order valence-electron chi connectivity index (χ0n) is 12.7. The lowest BCUT2D eigenvalue weighted by Gasteiger charge is -2.05. The summed E-state index contributed by atoms with van der Waals surface area (Å²) in [6, 6.07) is 7.41. The number of rotatable bonds is 6. The first-order valence-electron chi connectivity index (χ1n) is 6.86. The highest BCUT2D eigenvalue weighted by atomic mass is 16.6. The third-order valence-corrected chi connectivity index (χ3v) is 3.00. The van der Waals surface area contributed by atoms with Crippen LogP contribution < -0.4 is 10.7 Å². The van der Waals surface area contributed by atoms with Gasteiger partial charge in [-0.25, -0.2) is 5.43 Å². The number of nitrogens with zero attached hydrogens (tertiary/aromatic N) is 2. The molecule has 9 heteroatoms. The number of nitro benzene ring substituents is 1. The smallest absolute Gasteiger partial charge is 0.273 e. The summed E-state index contributed by atoms with van der Waals surface area (Å²) in [4.78, 5) is 33.8. The van der Waals surface area contributed by atoms with Gasteiger partial charge in [-0.2, -0.15) is 5.10 Å². The van der Waals surface area contributed by atoms with Gasteiger partial charge in [0.1, 0.15) is 5.76 Å². The van der Waals surface area contributed by atoms with E-state index in [2.05, 4.69) is 15.8 Å². The number of aryl methyl sites for hydroxylation is 1. The van der Waals surface area contributed by atoms with Crippen molar-refractivity contribution >= 4 is 23.7 Å². The van der Waals surface area contributed by atoms with Crippen molar-refractivity contribution in [2.45, 2.75) is 6.92 Å². The van der Waals surface area contributed by atoms with Crippen LogP contribution in [0.3, 0.4) is 0 Å². The van der Waals surface area contributed by atoms with Crippen LogP contribution in [0, 0.1) is 17.0 Å². The highest BCUT2D eigenvalue weighted by Crippen LogP contribution is 2.19. The highest BCUT2D eigenvalue weighted by molar-refractivity contribution is 5.97. The van der Waals surface area contributed by atoms with E-state index in [0.29, 0.717) is 11.3 Å². The zero-order valence-corrected chi connectivity index (χ0v) is 12.7. The summed E-state index contributed by atoms with van der Waals surface area (Å²) in [6.07, 6.45) is 2.77. The number of benzene rings is 1. The molecule has 0 bridgehead atoms. The standard InChI is InChI=1S/C15H14N4O5/c1-10-4-5-11(7-13(10)19(22)23)15(21)16-9-14(20)18-17-8-12-3-2-6-24-12/h2-8H,9H2,1H3,(H,16,21)(H,18,20)/b17-8+. The second-order valence-corrected chi connectivity index (χ2v) is 4.75. The fraction of sp³-hybridized carbons (Fsp3) is 0.133. The third kappa shape index (κ3) is 4.50. The van der Waals surface area contributed by atoms with Crippen LogP contribution in [-0.2, 0) is 4.79 Å². The van der Waals surface area contributed by atoms with Crippen LogP contribution in [0.15, 0.2) is 46.1 Å². The maximum absolute atomic E-state index is 11.9. The Labute approximate surface area is 136 Å². The lowest BCUT2D eigenvalue weighted by atomic mass is 10.1. The quantitative estimate of drug-likeness (QED) is 0.470. The maximum Gasteiger partial charge on any atom is 0.273 e. The second kappa shape index (κ2) is 7.68. The molecule has 0 spiro atoms. The minimum absolute atomic E-state index is 0.0965. The largest absolute Gasteiger partial charge is 0.463 e. The average molecular weight is 330 g/mol. The number of nitrogens with one attached hydrogen (secondary N) is 2. The van der Waals surface area contributed by atoms with Crippen LogP contribution >= 0.6 is 0 Å². The van der Waals surface area contributed by atoms with Gasteiger partial charge < -0.3 is 9.73 Å². The SMILES string of the molecule is Cc1ccc(C(=O)NCC(=O)N/N=C/c2ccco2)cc1[N+](=O)[O-]. The molecule has 0 unspecified atom stereocenters. The first-order chi connectivity index (χ1) is 11.5. The van der Waals surface area contributed by atoms with Crippen molar-refractivity contribution in [1.82, 2.24) is 10.7 Å². The molecule has 9 nitrogen and oxygen atoms in total. The van der Waals surface area contributed by atoms with E-state index in [1.807, 2.05) is 0 Å². The monoisotopic (exact) mass is 330 g/mol. The molecule has 1 aromatic heterocycles. The van der Waals surface area contributed by atoms with Gasteiger partial charge in [0.15, 0.2) is 0 Å². The number of nitro groups is 1. The zero-order chi connectivity index (χ0) is 17.5. The molecule has 1 heterocycles. The minimum atomic E-state index is -0.594. The van der Waals surface area contributed by atoms with Crippen LogP contribution in [0.2, 0.25) is 0 Å². The molecule has 2 N–H and O–H groups in total. The number of hydrogen-bond acceptors (Lipinski definition) is 6. The molecular formula is C15H14N4O5. The molecule has 24 heavy (non-hydrogen) atoms. The minimum Gasteiger partial charge on any atom is -0.463 e. The molecule has 0 aliphatic rings. The molecule has 0 fully saturated rings. The van der Waals surface area contributed by atoms with Crippen molar-refractivity contribution in [3.05, 3.63) is 63.6 Å². The predicted molar refractivity (Wildman–Crippen MR) is 84.6 cm³/mol. The summed E-state index contributed by atoms with van der Waals surface area (Å²) in [5, 5.41) is 16.9. The Bertz CT molecular complexity index is 783. The first kappa shape index (κ1) is 16.9. The summed E-state index contributed by atoms with van der Waals surface area (Å²) in [5.74, 6) is -0.678. The summed E-state index contributed by atoms with van der Waals surface area (Å²) < 4.78 is 4.99. The van der Waals surface area contributed by atoms with Crippen LogP contribution in [-0.4, -0.2) is 29.5 Å². The number of carbonyl (C=O) groups excluding carboxylic acids is 2. The van der Waals surface area contributed by atoms with Crippen LogP contribution in [0.1, 0.15) is 21.7 Å². The Morgan fingerprint density at radius 1 is 1.38 bits per heavy atom. The van der Waals surface area contributed by atoms with E-state index in [4.69, 9.17) is 4.42 Å². The Hall–Kier alpha value is -3.49. The van der Waals surface area contributed by atoms with Crippen LogP contribution in [0.5, 0.6) is 0 Å². The molecule has 1 aromatic carbocycles. The van der Waals surface area contributed by atoms with Gasteiger partial charge in [-0.3, -0.25) is 19.7 Å². The van der Waals surface area contributed by atoms with Crippen molar-refractivity contribution in [2.24, 2.45) is 5.10 Å². The molecular weight excluding hydrogens is 316 g/mol. The second-order valence-electron chi connectivity index (χ2n) is 4.75. The van der Waals surface area contributed by atoms with E-state index < -0.39 is 16.7 Å². The Morgan fingerprint density at radius 3 is 2.83 bits per heavy atom. The molecule has 0 saturated carbocycles. The van der Waals surface area contributed by atoms with Gasteiger partial charge in [0.05, 0.1) is 23.9 Å². The van der Waals surface area contributed by atoms with Crippen molar-refractivity contribution in [1.29, 1.82) is 0 Å². The summed E-state index contributed by atoms with van der Waals surface area (Å²) in [7, 11) is 0. The Balaban J connectivity index is 1.87. The Kier molecular flexibility index (Phi) is 5.40. The lowest BCUT2D eigenvalue weighted by Crippen LogP contribution is -2.34. The van der Waals surface area contributed by atoms with Gasteiger partial charge in [0.25, 0.3) is 17.5 Å². The average Bonchev–Trinajstić information content (AvgIpc) is 3.06. The molecule has 0 aliphatic carbocycles. The van der Waals surface area contributed by atoms with Crippen molar-refractivity contribution in [2.75, 3.05) is 6.54 Å². The van der Waals surface area contributed by atoms with Gasteiger partial charge in [-0.05, 0) is 25.1 Å². The van der Waals surface area contributed by atoms with E-state index >= 15 is 0 Å². The number of hydrogen-bond donors (Lipinski definition) is 2. The highest BCUT2D eigenvalue weighted by Gasteiger charge is 2.15. The fourth-order valence-corrected chi connectivity index (χ4v) is 1.78. The summed E-state index contributed by atoms with van der Waals surface area (Å²) in [6.45, 7) is 1.25. The van der Waals surface area contributed by atoms with Crippen molar-refractivity contribution in [3.8, 4) is 0 Å². The summed E-state index contributed by atoms with van der Waals surface area (Å²) in [5.41, 5.74) is 2.60. The normalized spacial score (nSPS) is 10.5. The molecule has 2 amide bonds. The molecule has 0 aliphatic heterocycles. The van der Waals surface area contributed by atoms with Crippen molar-refractivity contribution in [3.63, 3.8) is 0 Å². The molecule has 0 saturated heterocycles. The number of carbonyl (C=O) groups is 2. The molecule has 124 valence electrons. The first-order valence-corrected chi connectivity index (χ1v) is 6.86. The molecule has 2 rings (SSSR count). The third-order valence-electron chi connectivity index (χ3n) is 3.00. The van der Waals surface area contributed by atoms with Gasteiger partial charge in [-0.15, -0.1) is 0 Å². The lowest BCUT2D eigenvalue weighted by molar-refractivity contribution is -0.385. The van der Waals surface area contributed by atoms with Gasteiger partial charge >= 0.3 is 0 Å². The molecule has 0 radical (unpaired) electrons. The van der Waals surface area contributed by atoms with Crippen molar-refractivity contribution < 1.29 is 18.9 Å². The van der Waals surface area contributed by atoms with E-state index in [-0.39, 0.29) is 17.8 Å². The predicted octanol–water partition coefficient (Wildman–Crippen LogP) is 1.38. The van der Waals surface area contributed by atoms with E-state index in [9.17, 15) is 19.7 Å². The summed E-state index contributed by atoms with van der Waals surface area (Å²) >= 11 is 0. The van der Waals surface area contributed by atoms with Crippen LogP contribution in [0.4, 0.5) is 5.69 Å². The van der Waals surface area contributed by atoms with Crippen LogP contribution in [0.25, 0.3) is 0 Å². The molecule has 0 atom stereocenters. The van der Waals surface area contributed by atoms with Gasteiger partial charge in [0.2, 0.25) is 0 Å².